The Balaban J connectivity index is 0.00000289. The SMILES string of the molecule is CC(N)C(=O)Nc1cccc(OC(F)(F)F)c1.Cl. The van der Waals surface area contributed by atoms with E-state index in [0.717, 1.165) is 12.1 Å². The number of amides is 1. The van der Waals surface area contributed by atoms with Crippen LogP contribution in [-0.2, 0) is 4.79 Å². The molecule has 4 nitrogen and oxygen atoms in total. The number of hydrogen-bond acceptors (Lipinski definition) is 3. The van der Waals surface area contributed by atoms with Crippen molar-refractivity contribution in [2.45, 2.75) is 19.3 Å². The molecule has 0 aromatic heterocycles. The number of ether oxygens (including phenoxy) is 1. The minimum Gasteiger partial charge on any atom is -0.406 e. The molecular weight excluding hydrogens is 273 g/mol. The molecule has 102 valence electrons. The van der Waals surface area contributed by atoms with Crippen molar-refractivity contribution >= 4 is 24.0 Å². The first-order valence-corrected chi connectivity index (χ1v) is 4.70. The summed E-state index contributed by atoms with van der Waals surface area (Å²) in [5.41, 5.74) is 5.49. The predicted octanol–water partition coefficient (Wildman–Crippen LogP) is 2.29. The van der Waals surface area contributed by atoms with Gasteiger partial charge in [0, 0.05) is 11.8 Å². The number of rotatable bonds is 3. The van der Waals surface area contributed by atoms with Gasteiger partial charge in [0.1, 0.15) is 5.75 Å². The third kappa shape index (κ3) is 5.74. The molecule has 8 heteroatoms. The van der Waals surface area contributed by atoms with Gasteiger partial charge in [0.15, 0.2) is 0 Å². The van der Waals surface area contributed by atoms with E-state index < -0.39 is 24.1 Å². The molecule has 0 radical (unpaired) electrons. The van der Waals surface area contributed by atoms with E-state index >= 15 is 0 Å². The third-order valence-electron chi connectivity index (χ3n) is 1.75. The van der Waals surface area contributed by atoms with E-state index in [1.807, 2.05) is 0 Å². The Morgan fingerprint density at radius 2 is 2.06 bits per heavy atom. The highest BCUT2D eigenvalue weighted by atomic mass is 35.5. The number of benzene rings is 1. The van der Waals surface area contributed by atoms with Crippen molar-refractivity contribution in [2.24, 2.45) is 5.73 Å². The number of nitrogens with one attached hydrogen (secondary N) is 1. The van der Waals surface area contributed by atoms with Crippen LogP contribution >= 0.6 is 12.4 Å². The fraction of sp³-hybridized carbons (Fsp3) is 0.300. The number of nitrogens with two attached hydrogens (primary N) is 1. The summed E-state index contributed by atoms with van der Waals surface area (Å²) in [6.07, 6.45) is -4.76. The number of carbonyl (C=O) groups is 1. The normalized spacial score (nSPS) is 12.3. The first-order valence-electron chi connectivity index (χ1n) is 4.70. The molecule has 1 amide bonds. The van der Waals surface area contributed by atoms with Crippen LogP contribution in [0.5, 0.6) is 5.75 Å². The van der Waals surface area contributed by atoms with Gasteiger partial charge < -0.3 is 15.8 Å². The van der Waals surface area contributed by atoms with Gasteiger partial charge in [0.2, 0.25) is 5.91 Å². The molecule has 3 N–H and O–H groups in total. The van der Waals surface area contributed by atoms with Crippen LogP contribution in [0.4, 0.5) is 18.9 Å². The molecule has 0 aliphatic carbocycles. The molecule has 1 atom stereocenters. The Hall–Kier alpha value is -1.47. The van der Waals surface area contributed by atoms with Crippen molar-refractivity contribution in [3.8, 4) is 5.75 Å². The molecule has 18 heavy (non-hydrogen) atoms. The molecule has 0 bridgehead atoms. The molecule has 1 unspecified atom stereocenters. The largest absolute Gasteiger partial charge is 0.573 e. The Kier molecular flexibility index (Phi) is 5.93. The fourth-order valence-corrected chi connectivity index (χ4v) is 1.03. The lowest BCUT2D eigenvalue weighted by atomic mass is 10.2. The maximum Gasteiger partial charge on any atom is 0.573 e. The number of halogens is 4. The van der Waals surface area contributed by atoms with E-state index in [9.17, 15) is 18.0 Å². The quantitative estimate of drug-likeness (QED) is 0.895. The van der Waals surface area contributed by atoms with Crippen LogP contribution in [0.1, 0.15) is 6.92 Å². The molecule has 0 fully saturated rings. The van der Waals surface area contributed by atoms with Gasteiger partial charge in [0.25, 0.3) is 0 Å². The molecular formula is C10H12ClF3N2O2. The van der Waals surface area contributed by atoms with Gasteiger partial charge in [-0.25, -0.2) is 0 Å². The summed E-state index contributed by atoms with van der Waals surface area (Å²) < 4.78 is 39.5. The third-order valence-corrected chi connectivity index (χ3v) is 1.75. The van der Waals surface area contributed by atoms with Crippen LogP contribution < -0.4 is 15.8 Å². The van der Waals surface area contributed by atoms with Crippen LogP contribution in [0.25, 0.3) is 0 Å². The zero-order chi connectivity index (χ0) is 13.1. The van der Waals surface area contributed by atoms with E-state index in [-0.39, 0.29) is 18.1 Å². The summed E-state index contributed by atoms with van der Waals surface area (Å²) in [6, 6.07) is 4.21. The number of carbonyl (C=O) groups excluding carboxylic acids is 1. The monoisotopic (exact) mass is 284 g/mol. The molecule has 0 spiro atoms. The molecule has 1 aromatic carbocycles. The lowest BCUT2D eigenvalue weighted by Gasteiger charge is -2.11. The lowest BCUT2D eigenvalue weighted by Crippen LogP contribution is -2.32. The Morgan fingerprint density at radius 3 is 2.56 bits per heavy atom. The van der Waals surface area contributed by atoms with Crippen LogP contribution in [-0.4, -0.2) is 18.3 Å². The van der Waals surface area contributed by atoms with Gasteiger partial charge in [-0.3, -0.25) is 4.79 Å². The fourth-order valence-electron chi connectivity index (χ4n) is 1.03. The molecule has 1 aromatic rings. The van der Waals surface area contributed by atoms with E-state index in [1.54, 1.807) is 0 Å². The van der Waals surface area contributed by atoms with Crippen molar-refractivity contribution in [2.75, 3.05) is 5.32 Å². The number of hydrogen-bond donors (Lipinski definition) is 2. The van der Waals surface area contributed by atoms with E-state index in [0.29, 0.717) is 0 Å². The molecule has 0 aliphatic heterocycles. The highest BCUT2D eigenvalue weighted by molar-refractivity contribution is 5.94. The minimum absolute atomic E-state index is 0. The van der Waals surface area contributed by atoms with Crippen molar-refractivity contribution < 1.29 is 22.7 Å². The summed E-state index contributed by atoms with van der Waals surface area (Å²) in [4.78, 5) is 11.2. The summed E-state index contributed by atoms with van der Waals surface area (Å²) >= 11 is 0. The number of alkyl halides is 3. The van der Waals surface area contributed by atoms with E-state index in [2.05, 4.69) is 10.1 Å². The standard InChI is InChI=1S/C10H11F3N2O2.ClH/c1-6(14)9(16)15-7-3-2-4-8(5-7)17-10(11,12)13;/h2-6H,14H2,1H3,(H,15,16);1H. The van der Waals surface area contributed by atoms with Crippen molar-refractivity contribution in [1.29, 1.82) is 0 Å². The highest BCUT2D eigenvalue weighted by Crippen LogP contribution is 2.24. The number of anilines is 1. The smallest absolute Gasteiger partial charge is 0.406 e. The van der Waals surface area contributed by atoms with Crippen molar-refractivity contribution in [1.82, 2.24) is 0 Å². The van der Waals surface area contributed by atoms with Crippen LogP contribution in [0.3, 0.4) is 0 Å². The zero-order valence-corrected chi connectivity index (χ0v) is 10.1. The lowest BCUT2D eigenvalue weighted by molar-refractivity contribution is -0.274. The van der Waals surface area contributed by atoms with Gasteiger partial charge in [0.05, 0.1) is 6.04 Å². The molecule has 0 saturated heterocycles. The van der Waals surface area contributed by atoms with E-state index in [1.165, 1.54) is 19.1 Å². The average molecular weight is 285 g/mol. The van der Waals surface area contributed by atoms with Gasteiger partial charge in [-0.05, 0) is 19.1 Å². The summed E-state index contributed by atoms with van der Waals surface area (Å²) in [7, 11) is 0. The Labute approximate surface area is 108 Å². The molecule has 1 rings (SSSR count). The molecule has 0 aliphatic rings. The van der Waals surface area contributed by atoms with Gasteiger partial charge in [-0.1, -0.05) is 6.07 Å². The second-order valence-corrected chi connectivity index (χ2v) is 3.35. The minimum atomic E-state index is -4.76. The van der Waals surface area contributed by atoms with Crippen molar-refractivity contribution in [3.63, 3.8) is 0 Å². The first-order chi connectivity index (χ1) is 7.78. The second kappa shape index (κ2) is 6.46. The summed E-state index contributed by atoms with van der Waals surface area (Å²) in [5, 5.41) is 2.36. The Morgan fingerprint density at radius 1 is 1.44 bits per heavy atom. The van der Waals surface area contributed by atoms with Crippen LogP contribution in [0.2, 0.25) is 0 Å². The molecule has 0 heterocycles. The zero-order valence-electron chi connectivity index (χ0n) is 9.32. The van der Waals surface area contributed by atoms with Gasteiger partial charge in [-0.15, -0.1) is 25.6 Å². The molecule has 0 saturated carbocycles. The average Bonchev–Trinajstić information content (AvgIpc) is 2.15. The van der Waals surface area contributed by atoms with Crippen molar-refractivity contribution in [3.05, 3.63) is 24.3 Å². The maximum atomic E-state index is 11.9. The van der Waals surface area contributed by atoms with Gasteiger partial charge >= 0.3 is 6.36 Å². The maximum absolute atomic E-state index is 11.9. The first kappa shape index (κ1) is 16.5. The van der Waals surface area contributed by atoms with Gasteiger partial charge in [-0.2, -0.15) is 0 Å². The van der Waals surface area contributed by atoms with E-state index in [4.69, 9.17) is 5.73 Å². The van der Waals surface area contributed by atoms with Crippen LogP contribution in [0.15, 0.2) is 24.3 Å². The summed E-state index contributed by atoms with van der Waals surface area (Å²) in [6.45, 7) is 1.46. The topological polar surface area (TPSA) is 64.4 Å². The second-order valence-electron chi connectivity index (χ2n) is 3.35. The summed E-state index contributed by atoms with van der Waals surface area (Å²) in [5.74, 6) is -0.894. The van der Waals surface area contributed by atoms with Crippen LogP contribution in [0, 0.1) is 0 Å². The highest BCUT2D eigenvalue weighted by Gasteiger charge is 2.31. The Bertz CT molecular complexity index is 410. The predicted molar refractivity (Wildman–Crippen MR) is 62.7 cm³/mol.